The first kappa shape index (κ1) is 12.9. The Morgan fingerprint density at radius 2 is 1.80 bits per heavy atom. The van der Waals surface area contributed by atoms with Crippen LogP contribution in [0.25, 0.3) is 10.8 Å². The lowest BCUT2D eigenvalue weighted by atomic mass is 10.1. The molecule has 0 bridgehead atoms. The van der Waals surface area contributed by atoms with Gasteiger partial charge < -0.3 is 5.43 Å². The molecule has 3 N–H and O–H groups in total. The Hall–Kier alpha value is -2.11. The smallest absolute Gasteiger partial charge is 0.144 e. The topological polar surface area (TPSA) is 63.8 Å². The summed E-state index contributed by atoms with van der Waals surface area (Å²) in [7, 11) is 0. The average Bonchev–Trinajstić information content (AvgIpc) is 2.46. The molecule has 0 aliphatic heterocycles. The number of nitrogens with zero attached hydrogens (tertiary/aromatic N) is 2. The Balaban J connectivity index is 1.94. The van der Waals surface area contributed by atoms with Crippen molar-refractivity contribution in [2.75, 3.05) is 5.43 Å². The first-order valence-corrected chi connectivity index (χ1v) is 7.05. The summed E-state index contributed by atoms with van der Waals surface area (Å²) < 4.78 is 0. The van der Waals surface area contributed by atoms with Gasteiger partial charge in [-0.25, -0.2) is 15.8 Å². The van der Waals surface area contributed by atoms with Crippen LogP contribution in [0.5, 0.6) is 0 Å². The number of anilines is 1. The van der Waals surface area contributed by atoms with Gasteiger partial charge in [0.2, 0.25) is 0 Å². The second kappa shape index (κ2) is 5.48. The monoisotopic (exact) mass is 282 g/mol. The van der Waals surface area contributed by atoms with Crippen molar-refractivity contribution in [2.24, 2.45) is 5.84 Å². The molecule has 100 valence electrons. The lowest BCUT2D eigenvalue weighted by Gasteiger charge is -2.06. The van der Waals surface area contributed by atoms with Crippen molar-refractivity contribution in [3.8, 4) is 0 Å². The number of aromatic nitrogens is 2. The maximum absolute atomic E-state index is 5.41. The van der Waals surface area contributed by atoms with E-state index >= 15 is 0 Å². The highest BCUT2D eigenvalue weighted by atomic mass is 32.2. The molecule has 0 fully saturated rings. The maximum Gasteiger partial charge on any atom is 0.144 e. The molecule has 0 unspecified atom stereocenters. The van der Waals surface area contributed by atoms with Crippen molar-refractivity contribution in [2.45, 2.75) is 16.8 Å². The van der Waals surface area contributed by atoms with E-state index in [1.807, 2.05) is 25.1 Å². The van der Waals surface area contributed by atoms with Gasteiger partial charge in [-0.2, -0.15) is 0 Å². The molecule has 0 saturated carbocycles. The highest BCUT2D eigenvalue weighted by molar-refractivity contribution is 7.99. The van der Waals surface area contributed by atoms with E-state index < -0.39 is 0 Å². The number of nitrogens with one attached hydrogen (secondary N) is 1. The van der Waals surface area contributed by atoms with Crippen LogP contribution in [0.2, 0.25) is 0 Å². The van der Waals surface area contributed by atoms with Crippen LogP contribution in [0.1, 0.15) is 5.82 Å². The van der Waals surface area contributed by atoms with Gasteiger partial charge in [-0.3, -0.25) is 0 Å². The second-order valence-corrected chi connectivity index (χ2v) is 5.49. The SMILES string of the molecule is Cc1nc(NN)cc(Sc2ccc3ccccc3c2)n1. The van der Waals surface area contributed by atoms with Crippen molar-refractivity contribution in [3.63, 3.8) is 0 Å². The van der Waals surface area contributed by atoms with E-state index in [9.17, 15) is 0 Å². The molecule has 20 heavy (non-hydrogen) atoms. The summed E-state index contributed by atoms with van der Waals surface area (Å²) in [5, 5.41) is 3.33. The van der Waals surface area contributed by atoms with Crippen LogP contribution < -0.4 is 11.3 Å². The minimum absolute atomic E-state index is 0.626. The second-order valence-electron chi connectivity index (χ2n) is 4.39. The van der Waals surface area contributed by atoms with Crippen molar-refractivity contribution < 1.29 is 0 Å². The number of aryl methyl sites for hydroxylation is 1. The fourth-order valence-corrected chi connectivity index (χ4v) is 2.93. The lowest BCUT2D eigenvalue weighted by Crippen LogP contribution is -2.09. The highest BCUT2D eigenvalue weighted by Crippen LogP contribution is 2.29. The number of nitrogens with two attached hydrogens (primary N) is 1. The molecule has 0 atom stereocenters. The molecule has 1 aromatic heterocycles. The predicted molar refractivity (Wildman–Crippen MR) is 82.7 cm³/mol. The third-order valence-electron chi connectivity index (χ3n) is 2.91. The largest absolute Gasteiger partial charge is 0.308 e. The molecule has 1 heterocycles. The van der Waals surface area contributed by atoms with Crippen LogP contribution in [0.15, 0.2) is 58.5 Å². The molecule has 5 heteroatoms. The maximum atomic E-state index is 5.41. The summed E-state index contributed by atoms with van der Waals surface area (Å²) >= 11 is 1.60. The normalized spacial score (nSPS) is 10.7. The summed E-state index contributed by atoms with van der Waals surface area (Å²) in [5.74, 6) is 6.73. The number of hydrogen-bond donors (Lipinski definition) is 2. The third-order valence-corrected chi connectivity index (χ3v) is 3.81. The summed E-state index contributed by atoms with van der Waals surface area (Å²) in [4.78, 5) is 9.74. The molecule has 4 nitrogen and oxygen atoms in total. The van der Waals surface area contributed by atoms with E-state index in [-0.39, 0.29) is 0 Å². The van der Waals surface area contributed by atoms with Crippen molar-refractivity contribution in [1.82, 2.24) is 9.97 Å². The fraction of sp³-hybridized carbons (Fsp3) is 0.0667. The zero-order chi connectivity index (χ0) is 13.9. The van der Waals surface area contributed by atoms with Gasteiger partial charge in [0.15, 0.2) is 0 Å². The van der Waals surface area contributed by atoms with Gasteiger partial charge >= 0.3 is 0 Å². The molecular formula is C15H14N4S. The number of hydrogen-bond acceptors (Lipinski definition) is 5. The first-order valence-electron chi connectivity index (χ1n) is 6.23. The molecular weight excluding hydrogens is 268 g/mol. The van der Waals surface area contributed by atoms with Gasteiger partial charge in [-0.05, 0) is 29.8 Å². The Kier molecular flexibility index (Phi) is 3.54. The molecule has 0 radical (unpaired) electrons. The quantitative estimate of drug-likeness (QED) is 0.438. The molecule has 3 aromatic rings. The fourth-order valence-electron chi connectivity index (χ4n) is 2.02. The van der Waals surface area contributed by atoms with Crippen LogP contribution in [0.4, 0.5) is 5.82 Å². The Labute approximate surface area is 121 Å². The van der Waals surface area contributed by atoms with E-state index in [0.29, 0.717) is 11.6 Å². The van der Waals surface area contributed by atoms with Crippen molar-refractivity contribution >= 4 is 28.4 Å². The van der Waals surface area contributed by atoms with E-state index in [4.69, 9.17) is 5.84 Å². The Morgan fingerprint density at radius 1 is 1.00 bits per heavy atom. The average molecular weight is 282 g/mol. The summed E-state index contributed by atoms with van der Waals surface area (Å²) in [6.45, 7) is 1.85. The number of nitrogen functional groups attached to an aromatic ring is 1. The molecule has 0 aliphatic rings. The molecule has 3 rings (SSSR count). The van der Waals surface area contributed by atoms with Crippen molar-refractivity contribution in [3.05, 3.63) is 54.4 Å². The summed E-state index contributed by atoms with van der Waals surface area (Å²) in [6, 6.07) is 16.5. The third kappa shape index (κ3) is 2.74. The Morgan fingerprint density at radius 3 is 2.60 bits per heavy atom. The van der Waals surface area contributed by atoms with Gasteiger partial charge in [0.1, 0.15) is 16.7 Å². The Bertz CT molecular complexity index is 758. The number of benzene rings is 2. The number of hydrazine groups is 1. The number of rotatable bonds is 3. The van der Waals surface area contributed by atoms with Crippen LogP contribution in [-0.2, 0) is 0 Å². The van der Waals surface area contributed by atoms with Gasteiger partial charge in [0, 0.05) is 11.0 Å². The molecule has 2 aromatic carbocycles. The molecule has 0 saturated heterocycles. The van der Waals surface area contributed by atoms with E-state index in [0.717, 1.165) is 9.92 Å². The van der Waals surface area contributed by atoms with E-state index in [1.54, 1.807) is 11.8 Å². The lowest BCUT2D eigenvalue weighted by molar-refractivity contribution is 0.964. The summed E-state index contributed by atoms with van der Waals surface area (Å²) in [6.07, 6.45) is 0. The van der Waals surface area contributed by atoms with Crippen LogP contribution in [0, 0.1) is 6.92 Å². The number of fused-ring (bicyclic) bond motifs is 1. The van der Waals surface area contributed by atoms with Gasteiger partial charge in [0.05, 0.1) is 0 Å². The first-order chi connectivity index (χ1) is 9.74. The zero-order valence-corrected chi connectivity index (χ0v) is 11.8. The highest BCUT2D eigenvalue weighted by Gasteiger charge is 2.04. The van der Waals surface area contributed by atoms with Crippen molar-refractivity contribution in [1.29, 1.82) is 0 Å². The van der Waals surface area contributed by atoms with Crippen LogP contribution in [0.3, 0.4) is 0 Å². The molecule has 0 amide bonds. The van der Waals surface area contributed by atoms with Gasteiger partial charge in [-0.15, -0.1) is 0 Å². The minimum atomic E-state index is 0.626. The van der Waals surface area contributed by atoms with Gasteiger partial charge in [0.25, 0.3) is 0 Å². The zero-order valence-electron chi connectivity index (χ0n) is 11.0. The van der Waals surface area contributed by atoms with E-state index in [2.05, 4.69) is 45.7 Å². The van der Waals surface area contributed by atoms with Gasteiger partial charge in [-0.1, -0.05) is 42.1 Å². The molecule has 0 spiro atoms. The predicted octanol–water partition coefficient (Wildman–Crippen LogP) is 3.38. The van der Waals surface area contributed by atoms with E-state index in [1.165, 1.54) is 10.8 Å². The minimum Gasteiger partial charge on any atom is -0.308 e. The standard InChI is InChI=1S/C15H14N4S/c1-10-17-14(19-16)9-15(18-10)20-13-7-6-11-4-2-3-5-12(11)8-13/h2-9H,16H2,1H3,(H,17,18,19). The van der Waals surface area contributed by atoms with Crippen LogP contribution >= 0.6 is 11.8 Å². The van der Waals surface area contributed by atoms with Crippen LogP contribution in [-0.4, -0.2) is 9.97 Å². The molecule has 0 aliphatic carbocycles. The summed E-state index contributed by atoms with van der Waals surface area (Å²) in [5.41, 5.74) is 2.56.